The number of aliphatic hydroxyl groups excluding tert-OH is 1. The van der Waals surface area contributed by atoms with E-state index in [0.717, 1.165) is 50.7 Å². The van der Waals surface area contributed by atoms with Gasteiger partial charge in [0.05, 0.1) is 12.2 Å². The molecule has 2 saturated carbocycles. The number of aliphatic hydroxyl groups is 1. The van der Waals surface area contributed by atoms with Gasteiger partial charge in [0.15, 0.2) is 0 Å². The highest BCUT2D eigenvalue weighted by atomic mass is 16.5. The minimum atomic E-state index is -0.108. The number of fused-ring (bicyclic) bond motifs is 1. The normalized spacial score (nSPS) is 22.7. The second-order valence-corrected chi connectivity index (χ2v) is 8.96. The van der Waals surface area contributed by atoms with E-state index in [1.54, 1.807) is 0 Å². The van der Waals surface area contributed by atoms with Crippen molar-refractivity contribution in [2.45, 2.75) is 76.7 Å². The maximum absolute atomic E-state index is 9.80. The Labute approximate surface area is 162 Å². The average molecular weight is 369 g/mol. The van der Waals surface area contributed by atoms with E-state index in [9.17, 15) is 5.11 Å². The number of piperidine rings is 1. The Balaban J connectivity index is 1.41. The van der Waals surface area contributed by atoms with Crippen molar-refractivity contribution in [1.82, 2.24) is 9.47 Å². The molecule has 0 bridgehead atoms. The fraction of sp³-hybridized carbons (Fsp3) is 0.652. The van der Waals surface area contributed by atoms with Crippen LogP contribution in [0.15, 0.2) is 24.4 Å². The zero-order valence-electron chi connectivity index (χ0n) is 16.3. The van der Waals surface area contributed by atoms with Crippen LogP contribution in [-0.2, 0) is 13.1 Å². The standard InChI is InChI=1S/C23H32N2O2/c26-19-9-11-24(12-10-19)15-18-16-25(14-17-5-6-17)23-8-7-21(13-22(18)23)27-20-3-1-2-4-20/h7-8,13,16-17,19-20,26H,1-6,9-12,14-15H2. The van der Waals surface area contributed by atoms with Crippen molar-refractivity contribution in [2.75, 3.05) is 13.1 Å². The molecular weight excluding hydrogens is 336 g/mol. The summed E-state index contributed by atoms with van der Waals surface area (Å²) in [5.74, 6) is 1.90. The second-order valence-electron chi connectivity index (χ2n) is 8.96. The third kappa shape index (κ3) is 4.02. The fourth-order valence-corrected chi connectivity index (χ4v) is 4.80. The van der Waals surface area contributed by atoms with Gasteiger partial charge in [-0.2, -0.15) is 0 Å². The molecule has 4 heteroatoms. The highest BCUT2D eigenvalue weighted by Gasteiger charge is 2.24. The summed E-state index contributed by atoms with van der Waals surface area (Å²) in [5.41, 5.74) is 2.77. The monoisotopic (exact) mass is 368 g/mol. The van der Waals surface area contributed by atoms with Crippen molar-refractivity contribution < 1.29 is 9.84 Å². The van der Waals surface area contributed by atoms with Crippen LogP contribution in [0, 0.1) is 5.92 Å². The molecule has 1 aromatic heterocycles. The fourth-order valence-electron chi connectivity index (χ4n) is 4.80. The van der Waals surface area contributed by atoms with Gasteiger partial charge in [0, 0.05) is 43.3 Å². The molecule has 0 spiro atoms. The van der Waals surface area contributed by atoms with Crippen LogP contribution in [0.1, 0.15) is 56.9 Å². The summed E-state index contributed by atoms with van der Waals surface area (Å²) in [6.07, 6.45) is 12.2. The molecule has 1 aromatic carbocycles. The first-order valence-electron chi connectivity index (χ1n) is 10.9. The van der Waals surface area contributed by atoms with Crippen molar-refractivity contribution in [3.05, 3.63) is 30.0 Å². The molecule has 2 heterocycles. The highest BCUT2D eigenvalue weighted by molar-refractivity contribution is 5.85. The lowest BCUT2D eigenvalue weighted by atomic mass is 10.1. The number of benzene rings is 1. The molecule has 2 aromatic rings. The Kier molecular flexibility index (Phi) is 4.87. The Bertz CT molecular complexity index is 781. The number of ether oxygens (including phenoxy) is 1. The van der Waals surface area contributed by atoms with E-state index in [4.69, 9.17) is 4.74 Å². The lowest BCUT2D eigenvalue weighted by Gasteiger charge is -2.29. The van der Waals surface area contributed by atoms with Crippen molar-refractivity contribution in [3.63, 3.8) is 0 Å². The van der Waals surface area contributed by atoms with Crippen LogP contribution in [-0.4, -0.2) is 39.9 Å². The first-order valence-corrected chi connectivity index (χ1v) is 10.9. The van der Waals surface area contributed by atoms with Crippen LogP contribution in [0.4, 0.5) is 0 Å². The molecule has 1 saturated heterocycles. The molecule has 3 aliphatic rings. The molecule has 5 rings (SSSR count). The van der Waals surface area contributed by atoms with Crippen LogP contribution in [0.2, 0.25) is 0 Å². The van der Waals surface area contributed by atoms with Crippen molar-refractivity contribution in [3.8, 4) is 5.75 Å². The Hall–Kier alpha value is -1.52. The minimum Gasteiger partial charge on any atom is -0.490 e. The molecular formula is C23H32N2O2. The largest absolute Gasteiger partial charge is 0.490 e. The number of hydrogen-bond donors (Lipinski definition) is 1. The van der Waals surface area contributed by atoms with Crippen LogP contribution < -0.4 is 4.74 Å². The summed E-state index contributed by atoms with van der Waals surface area (Å²) in [4.78, 5) is 2.49. The molecule has 0 unspecified atom stereocenters. The van der Waals surface area contributed by atoms with Crippen molar-refractivity contribution in [2.24, 2.45) is 5.92 Å². The number of aromatic nitrogens is 1. The van der Waals surface area contributed by atoms with Gasteiger partial charge < -0.3 is 14.4 Å². The van der Waals surface area contributed by atoms with Gasteiger partial charge in [-0.05, 0) is 81.0 Å². The average Bonchev–Trinajstić information content (AvgIpc) is 3.23. The van der Waals surface area contributed by atoms with E-state index in [0.29, 0.717) is 6.10 Å². The lowest BCUT2D eigenvalue weighted by molar-refractivity contribution is 0.0794. The molecule has 146 valence electrons. The number of nitrogens with zero attached hydrogens (tertiary/aromatic N) is 2. The maximum Gasteiger partial charge on any atom is 0.120 e. The first kappa shape index (κ1) is 17.6. The molecule has 0 radical (unpaired) electrons. The van der Waals surface area contributed by atoms with Gasteiger partial charge in [0.1, 0.15) is 5.75 Å². The lowest BCUT2D eigenvalue weighted by Crippen LogP contribution is -2.35. The molecule has 3 fully saturated rings. The number of likely N-dealkylation sites (tertiary alicyclic amines) is 1. The van der Waals surface area contributed by atoms with Gasteiger partial charge in [-0.3, -0.25) is 4.90 Å². The summed E-state index contributed by atoms with van der Waals surface area (Å²) in [6, 6.07) is 6.72. The summed E-state index contributed by atoms with van der Waals surface area (Å²) in [6.45, 7) is 4.12. The summed E-state index contributed by atoms with van der Waals surface area (Å²) >= 11 is 0. The number of hydrogen-bond acceptors (Lipinski definition) is 3. The van der Waals surface area contributed by atoms with Gasteiger partial charge >= 0.3 is 0 Å². The zero-order valence-corrected chi connectivity index (χ0v) is 16.3. The molecule has 4 nitrogen and oxygen atoms in total. The van der Waals surface area contributed by atoms with Crippen molar-refractivity contribution >= 4 is 10.9 Å². The summed E-state index contributed by atoms with van der Waals surface area (Å²) in [5, 5.41) is 11.2. The van der Waals surface area contributed by atoms with E-state index in [1.807, 2.05) is 0 Å². The topological polar surface area (TPSA) is 37.6 Å². The summed E-state index contributed by atoms with van der Waals surface area (Å²) in [7, 11) is 0. The molecule has 1 N–H and O–H groups in total. The third-order valence-corrected chi connectivity index (χ3v) is 6.64. The van der Waals surface area contributed by atoms with Crippen LogP contribution >= 0.6 is 0 Å². The van der Waals surface area contributed by atoms with Gasteiger partial charge in [-0.1, -0.05) is 0 Å². The van der Waals surface area contributed by atoms with Crippen LogP contribution in [0.5, 0.6) is 5.75 Å². The van der Waals surface area contributed by atoms with E-state index in [2.05, 4.69) is 33.9 Å². The Morgan fingerprint density at radius 1 is 1.00 bits per heavy atom. The predicted octanol–water partition coefficient (Wildman–Crippen LogP) is 4.33. The van der Waals surface area contributed by atoms with Crippen LogP contribution in [0.25, 0.3) is 10.9 Å². The Morgan fingerprint density at radius 2 is 1.78 bits per heavy atom. The second kappa shape index (κ2) is 7.48. The smallest absolute Gasteiger partial charge is 0.120 e. The molecule has 27 heavy (non-hydrogen) atoms. The quantitative estimate of drug-likeness (QED) is 0.825. The first-order chi connectivity index (χ1) is 13.2. The van der Waals surface area contributed by atoms with E-state index in [-0.39, 0.29) is 6.10 Å². The van der Waals surface area contributed by atoms with E-state index in [1.165, 1.54) is 55.0 Å². The van der Waals surface area contributed by atoms with Gasteiger partial charge in [0.2, 0.25) is 0 Å². The summed E-state index contributed by atoms with van der Waals surface area (Å²) < 4.78 is 8.76. The third-order valence-electron chi connectivity index (χ3n) is 6.64. The molecule has 1 aliphatic heterocycles. The van der Waals surface area contributed by atoms with Gasteiger partial charge in [-0.25, -0.2) is 0 Å². The van der Waals surface area contributed by atoms with E-state index >= 15 is 0 Å². The molecule has 2 aliphatic carbocycles. The zero-order chi connectivity index (χ0) is 18.2. The minimum absolute atomic E-state index is 0.108. The highest BCUT2D eigenvalue weighted by Crippen LogP contribution is 2.35. The maximum atomic E-state index is 9.80. The predicted molar refractivity (Wildman–Crippen MR) is 108 cm³/mol. The van der Waals surface area contributed by atoms with Gasteiger partial charge in [-0.15, -0.1) is 0 Å². The van der Waals surface area contributed by atoms with Crippen LogP contribution in [0.3, 0.4) is 0 Å². The van der Waals surface area contributed by atoms with E-state index < -0.39 is 0 Å². The SMILES string of the molecule is OC1CCN(Cc2cn(CC3CC3)c3ccc(OC4CCCC4)cc23)CC1. The Morgan fingerprint density at radius 3 is 2.52 bits per heavy atom. The molecule has 0 atom stereocenters. The van der Waals surface area contributed by atoms with Gasteiger partial charge in [0.25, 0.3) is 0 Å². The van der Waals surface area contributed by atoms with Crippen molar-refractivity contribution in [1.29, 1.82) is 0 Å². The number of rotatable bonds is 6. The molecule has 0 amide bonds.